The van der Waals surface area contributed by atoms with Gasteiger partial charge in [-0.15, -0.1) is 0 Å². The van der Waals surface area contributed by atoms with Crippen molar-refractivity contribution in [2.24, 2.45) is 0 Å². The van der Waals surface area contributed by atoms with E-state index in [1.54, 1.807) is 4.90 Å². The number of fused-ring (bicyclic) bond motifs is 1. The molecular formula is C13H22N6O5. The van der Waals surface area contributed by atoms with Crippen LogP contribution in [0.3, 0.4) is 0 Å². The van der Waals surface area contributed by atoms with Crippen LogP contribution >= 0.6 is 0 Å². The number of aromatic nitrogens is 2. The highest BCUT2D eigenvalue weighted by molar-refractivity contribution is 6.00. The molecule has 3 heterocycles. The average Bonchev–Trinajstić information content (AvgIpc) is 3.09. The standard InChI is InChI=1S/C13H22N6O5/c1-17(2)13-16-11-7(10(14)19(13)23-3)15-5-18(11)12-9(22)8(21)6(4-20)24-12/h5-6,8-9,12-14,16,20-22H,4H2,1-3H3/t6-,8-,9-,12-,13?/m1/s1/i14+1,15+1. The zero-order chi connectivity index (χ0) is 17.6. The molecule has 5 N–H and O–H groups in total. The number of aliphatic hydroxyl groups is 3. The molecule has 11 nitrogen and oxygen atoms in total. The molecule has 0 spiro atoms. The normalized spacial score (nSPS) is 33.0. The monoisotopic (exact) mass is 344 g/mol. The summed E-state index contributed by atoms with van der Waals surface area (Å²) in [7, 11) is 5.09. The van der Waals surface area contributed by atoms with Crippen molar-refractivity contribution in [3.8, 4) is 0 Å². The number of hydroxylamine groups is 2. The lowest BCUT2D eigenvalue weighted by molar-refractivity contribution is -0.126. The van der Waals surface area contributed by atoms with Gasteiger partial charge in [0.05, 0.1) is 20.0 Å². The molecule has 2 aliphatic rings. The Morgan fingerprint density at radius 2 is 2.12 bits per heavy atom. The predicted octanol–water partition coefficient (Wildman–Crippen LogP) is -2.05. The van der Waals surface area contributed by atoms with Crippen LogP contribution in [0.2, 0.25) is 0 Å². The van der Waals surface area contributed by atoms with E-state index in [4.69, 9.17) is 15.0 Å². The van der Waals surface area contributed by atoms with E-state index in [1.165, 1.54) is 23.1 Å². The van der Waals surface area contributed by atoms with Gasteiger partial charge in [0, 0.05) is 0 Å². The van der Waals surface area contributed by atoms with Crippen molar-refractivity contribution in [1.29, 1.82) is 5.41 Å². The van der Waals surface area contributed by atoms with E-state index >= 15 is 0 Å². The number of imidazole rings is 1. The first-order valence-corrected chi connectivity index (χ1v) is 7.45. The van der Waals surface area contributed by atoms with E-state index in [0.29, 0.717) is 11.5 Å². The second-order valence-corrected chi connectivity index (χ2v) is 5.92. The van der Waals surface area contributed by atoms with Crippen LogP contribution in [0.5, 0.6) is 0 Å². The van der Waals surface area contributed by atoms with Gasteiger partial charge in [0.2, 0.25) is 0 Å². The Kier molecular flexibility index (Phi) is 4.46. The SMILES string of the molecule is CON1C(=[15NH])c2[15n]cn([C@@H]3O[C@H](CO)[C@@H](O)[C@H]3O)c2NC1N(C)C. The van der Waals surface area contributed by atoms with Gasteiger partial charge in [0.25, 0.3) is 0 Å². The number of amidine groups is 1. The molecule has 1 saturated heterocycles. The van der Waals surface area contributed by atoms with E-state index in [-0.39, 0.29) is 5.84 Å². The predicted molar refractivity (Wildman–Crippen MR) is 82.0 cm³/mol. The Labute approximate surface area is 138 Å². The lowest BCUT2D eigenvalue weighted by Gasteiger charge is -2.39. The lowest BCUT2D eigenvalue weighted by atomic mass is 10.1. The van der Waals surface area contributed by atoms with Crippen molar-refractivity contribution < 1.29 is 24.9 Å². The number of rotatable bonds is 4. The fraction of sp³-hybridized carbons (Fsp3) is 0.692. The molecule has 2 aliphatic heterocycles. The van der Waals surface area contributed by atoms with Crippen LogP contribution in [0.4, 0.5) is 5.82 Å². The van der Waals surface area contributed by atoms with Gasteiger partial charge >= 0.3 is 0 Å². The minimum absolute atomic E-state index is 0.0513. The fourth-order valence-electron chi connectivity index (χ4n) is 2.92. The molecule has 0 radical (unpaired) electrons. The Hall–Kier alpha value is -1.76. The molecule has 0 amide bonds. The number of ether oxygens (including phenoxy) is 1. The zero-order valence-corrected chi connectivity index (χ0v) is 13.6. The third-order valence-corrected chi connectivity index (χ3v) is 4.20. The molecule has 3 rings (SSSR count). The van der Waals surface area contributed by atoms with Gasteiger partial charge in [-0.05, 0) is 14.1 Å². The Morgan fingerprint density at radius 3 is 2.67 bits per heavy atom. The van der Waals surface area contributed by atoms with Gasteiger partial charge < -0.3 is 25.4 Å². The third kappa shape index (κ3) is 2.46. The van der Waals surface area contributed by atoms with E-state index in [9.17, 15) is 15.3 Å². The molecular weight excluding hydrogens is 322 g/mol. The van der Waals surface area contributed by atoms with Gasteiger partial charge in [-0.2, -0.15) is 5.06 Å². The van der Waals surface area contributed by atoms with Crippen LogP contribution in [0.15, 0.2) is 6.33 Å². The van der Waals surface area contributed by atoms with Crippen molar-refractivity contribution in [3.05, 3.63) is 12.0 Å². The van der Waals surface area contributed by atoms with Crippen molar-refractivity contribution in [1.82, 2.24) is 19.5 Å². The van der Waals surface area contributed by atoms with Crippen molar-refractivity contribution >= 4 is 11.7 Å². The Balaban J connectivity index is 1.97. The number of nitrogens with one attached hydrogen (secondary N) is 2. The van der Waals surface area contributed by atoms with E-state index in [2.05, 4.69) is 10.3 Å². The molecule has 0 saturated carbocycles. The molecule has 1 aromatic rings. The molecule has 1 unspecified atom stereocenters. The van der Waals surface area contributed by atoms with Crippen molar-refractivity contribution in [2.75, 3.05) is 33.1 Å². The molecule has 1 fully saturated rings. The first kappa shape index (κ1) is 17.1. The molecule has 0 aromatic carbocycles. The highest BCUT2D eigenvalue weighted by Crippen LogP contribution is 2.35. The van der Waals surface area contributed by atoms with Crippen LogP contribution in [0.25, 0.3) is 0 Å². The van der Waals surface area contributed by atoms with E-state index in [1.807, 2.05) is 14.1 Å². The molecule has 5 atom stereocenters. The number of hydrogen-bond donors (Lipinski definition) is 5. The summed E-state index contributed by atoms with van der Waals surface area (Å²) >= 11 is 0. The summed E-state index contributed by atoms with van der Waals surface area (Å²) in [6.45, 7) is -0.410. The number of anilines is 1. The Bertz CT molecular complexity index is 622. The van der Waals surface area contributed by atoms with E-state index < -0.39 is 37.4 Å². The minimum Gasteiger partial charge on any atom is -0.394 e. The molecule has 134 valence electrons. The first-order chi connectivity index (χ1) is 11.4. The smallest absolute Gasteiger partial charge is 0.184 e. The van der Waals surface area contributed by atoms with Crippen LogP contribution in [0, 0.1) is 5.41 Å². The number of nitrogens with zero attached hydrogens (tertiary/aromatic N) is 4. The fourth-order valence-corrected chi connectivity index (χ4v) is 2.92. The summed E-state index contributed by atoms with van der Waals surface area (Å²) < 4.78 is 7.04. The quantitative estimate of drug-likeness (QED) is 0.391. The van der Waals surface area contributed by atoms with Crippen LogP contribution < -0.4 is 5.32 Å². The maximum atomic E-state index is 10.2. The molecule has 0 aliphatic carbocycles. The summed E-state index contributed by atoms with van der Waals surface area (Å²) in [5, 5.41) is 42.2. The van der Waals surface area contributed by atoms with Crippen molar-refractivity contribution in [2.45, 2.75) is 30.8 Å². The maximum Gasteiger partial charge on any atom is 0.184 e. The number of aliphatic hydroxyl groups excluding tert-OH is 3. The van der Waals surface area contributed by atoms with Crippen LogP contribution in [-0.4, -0.2) is 93.1 Å². The second kappa shape index (κ2) is 6.27. The highest BCUT2D eigenvalue weighted by atomic mass is 16.7. The van der Waals surface area contributed by atoms with Crippen LogP contribution in [0.1, 0.15) is 11.9 Å². The molecule has 24 heavy (non-hydrogen) atoms. The number of hydrogen-bond acceptors (Lipinski definition) is 9. The summed E-state index contributed by atoms with van der Waals surface area (Å²) in [5.74, 6) is 0.511. The Morgan fingerprint density at radius 1 is 1.42 bits per heavy atom. The van der Waals surface area contributed by atoms with Gasteiger partial charge in [-0.25, -0.2) is 4.98 Å². The van der Waals surface area contributed by atoms with E-state index in [0.717, 1.165) is 0 Å². The van der Waals surface area contributed by atoms with Gasteiger partial charge in [0.15, 0.2) is 18.4 Å². The lowest BCUT2D eigenvalue weighted by Crippen LogP contribution is -2.55. The second-order valence-electron chi connectivity index (χ2n) is 5.92. The largest absolute Gasteiger partial charge is 0.394 e. The zero-order valence-electron chi connectivity index (χ0n) is 13.6. The summed E-state index contributed by atoms with van der Waals surface area (Å²) in [6, 6.07) is 0. The summed E-state index contributed by atoms with van der Waals surface area (Å²) in [4.78, 5) is 11.2. The third-order valence-electron chi connectivity index (χ3n) is 4.20. The van der Waals surface area contributed by atoms with Gasteiger partial charge in [0.1, 0.15) is 29.8 Å². The summed E-state index contributed by atoms with van der Waals surface area (Å²) in [6.07, 6.45) is -3.30. The maximum absolute atomic E-state index is 10.2. The van der Waals surface area contributed by atoms with Crippen LogP contribution in [-0.2, 0) is 9.57 Å². The topological polar surface area (TPSA) is 139 Å². The average molecular weight is 344 g/mol. The summed E-state index contributed by atoms with van der Waals surface area (Å²) in [5.41, 5.74) is 0.327. The highest BCUT2D eigenvalue weighted by Gasteiger charge is 2.45. The van der Waals surface area contributed by atoms with Gasteiger partial charge in [-0.1, -0.05) is 0 Å². The molecule has 1 aromatic heterocycles. The van der Waals surface area contributed by atoms with Gasteiger partial charge in [-0.3, -0.25) is 19.7 Å². The first-order valence-electron chi connectivity index (χ1n) is 7.45. The minimum atomic E-state index is -1.23. The molecule has 11 heteroatoms. The van der Waals surface area contributed by atoms with Crippen molar-refractivity contribution in [3.63, 3.8) is 0 Å². The molecule has 0 bridgehead atoms.